The normalized spacial score (nSPS) is 17.8. The molecular formula is C26H35N3O2S. The molecule has 0 bridgehead atoms. The minimum absolute atomic E-state index is 0.0214. The summed E-state index contributed by atoms with van der Waals surface area (Å²) in [5, 5.41) is 1.94. The highest BCUT2D eigenvalue weighted by Crippen LogP contribution is 2.34. The second-order valence-electron chi connectivity index (χ2n) is 11.4. The third kappa shape index (κ3) is 4.42. The van der Waals surface area contributed by atoms with Gasteiger partial charge in [-0.1, -0.05) is 53.7 Å². The fourth-order valence-corrected chi connectivity index (χ4v) is 5.50. The van der Waals surface area contributed by atoms with E-state index in [0.29, 0.717) is 17.3 Å². The lowest BCUT2D eigenvalue weighted by Gasteiger charge is -2.39. The number of carbonyl (C=O) groups is 1. The highest BCUT2D eigenvalue weighted by atomic mass is 32.1. The maximum atomic E-state index is 13.4. The number of thiophene rings is 1. The predicted molar refractivity (Wildman–Crippen MR) is 133 cm³/mol. The van der Waals surface area contributed by atoms with Gasteiger partial charge in [0, 0.05) is 25.0 Å². The topological polar surface area (TPSA) is 47.2 Å². The number of hydrogen-bond donors (Lipinski definition) is 0. The number of nitrogens with zero attached hydrogens (tertiary/aromatic N) is 3. The smallest absolute Gasteiger partial charge is 0.333 e. The Morgan fingerprint density at radius 1 is 1.09 bits per heavy atom. The molecule has 3 heterocycles. The minimum atomic E-state index is -0.0521. The molecule has 1 aliphatic heterocycles. The molecule has 2 aromatic heterocycles. The van der Waals surface area contributed by atoms with Crippen LogP contribution in [0.15, 0.2) is 40.5 Å². The summed E-state index contributed by atoms with van der Waals surface area (Å²) >= 11 is 1.43. The van der Waals surface area contributed by atoms with Crippen molar-refractivity contribution in [3.8, 4) is 5.69 Å². The third-order valence-corrected chi connectivity index (χ3v) is 7.36. The van der Waals surface area contributed by atoms with E-state index >= 15 is 0 Å². The number of fused-ring (bicyclic) bond motifs is 1. The molecule has 1 unspecified atom stereocenters. The maximum Gasteiger partial charge on any atom is 0.333 e. The van der Waals surface area contributed by atoms with Crippen LogP contribution in [0, 0.1) is 16.7 Å². The molecule has 0 N–H and O–H groups in total. The minimum Gasteiger partial charge on any atom is -0.338 e. The number of para-hydroxylation sites is 2. The molecule has 5 nitrogen and oxygen atoms in total. The first kappa shape index (κ1) is 22.8. The fourth-order valence-electron chi connectivity index (χ4n) is 4.66. The number of rotatable bonds is 3. The Morgan fingerprint density at radius 3 is 2.44 bits per heavy atom. The number of carbonyl (C=O) groups excluding carboxylic acids is 1. The Morgan fingerprint density at radius 2 is 1.78 bits per heavy atom. The summed E-state index contributed by atoms with van der Waals surface area (Å²) in [7, 11) is 0. The van der Waals surface area contributed by atoms with Gasteiger partial charge in [-0.3, -0.25) is 13.9 Å². The Labute approximate surface area is 194 Å². The Bertz CT molecular complexity index is 1190. The van der Waals surface area contributed by atoms with Crippen molar-refractivity contribution in [3.05, 3.63) is 51.1 Å². The zero-order valence-corrected chi connectivity index (χ0v) is 21.0. The molecule has 4 rings (SSSR count). The average Bonchev–Trinajstić information content (AvgIpc) is 3.29. The highest BCUT2D eigenvalue weighted by molar-refractivity contribution is 7.12. The van der Waals surface area contributed by atoms with Gasteiger partial charge in [0.15, 0.2) is 0 Å². The monoisotopic (exact) mass is 453 g/mol. The van der Waals surface area contributed by atoms with Crippen molar-refractivity contribution in [1.29, 1.82) is 0 Å². The quantitative estimate of drug-likeness (QED) is 0.503. The van der Waals surface area contributed by atoms with Gasteiger partial charge in [-0.15, -0.1) is 11.3 Å². The van der Waals surface area contributed by atoms with Crippen molar-refractivity contribution in [2.75, 3.05) is 13.1 Å². The van der Waals surface area contributed by atoms with E-state index < -0.39 is 0 Å². The van der Waals surface area contributed by atoms with Crippen LogP contribution >= 0.6 is 11.3 Å². The first-order valence-corrected chi connectivity index (χ1v) is 12.4. The van der Waals surface area contributed by atoms with Crippen LogP contribution in [0.4, 0.5) is 0 Å². The Hall–Kier alpha value is -2.34. The summed E-state index contributed by atoms with van der Waals surface area (Å²) in [6.07, 6.45) is 2.22. The van der Waals surface area contributed by atoms with E-state index in [1.807, 2.05) is 45.2 Å². The van der Waals surface area contributed by atoms with E-state index in [0.717, 1.165) is 36.2 Å². The van der Waals surface area contributed by atoms with Gasteiger partial charge in [0.05, 0.1) is 21.6 Å². The summed E-state index contributed by atoms with van der Waals surface area (Å²) in [6.45, 7) is 15.4. The molecule has 0 saturated carbocycles. The molecule has 0 aliphatic carbocycles. The number of piperidine rings is 1. The van der Waals surface area contributed by atoms with Crippen LogP contribution in [0.1, 0.15) is 64.1 Å². The molecule has 6 heteroatoms. The fraction of sp³-hybridized carbons (Fsp3) is 0.538. The SMILES string of the molecule is CC(C)(C)Cn1c(=O)n(-c2csc(C(=O)N3CCCC(C(C)(C)C)C3)c2)c2ccccc21. The lowest BCUT2D eigenvalue weighted by atomic mass is 9.76. The van der Waals surface area contributed by atoms with E-state index in [4.69, 9.17) is 0 Å². The van der Waals surface area contributed by atoms with Gasteiger partial charge in [-0.2, -0.15) is 0 Å². The lowest BCUT2D eigenvalue weighted by Crippen LogP contribution is -2.43. The summed E-state index contributed by atoms with van der Waals surface area (Å²) in [4.78, 5) is 29.4. The van der Waals surface area contributed by atoms with Gasteiger partial charge in [-0.05, 0) is 47.8 Å². The number of likely N-dealkylation sites (tertiary alicyclic amines) is 1. The molecule has 1 saturated heterocycles. The van der Waals surface area contributed by atoms with E-state index in [1.54, 1.807) is 4.57 Å². The van der Waals surface area contributed by atoms with Crippen molar-refractivity contribution in [3.63, 3.8) is 0 Å². The predicted octanol–water partition coefficient (Wildman–Crippen LogP) is 5.80. The van der Waals surface area contributed by atoms with E-state index in [9.17, 15) is 9.59 Å². The lowest BCUT2D eigenvalue weighted by molar-refractivity contribution is 0.0567. The van der Waals surface area contributed by atoms with Crippen molar-refractivity contribution >= 4 is 28.3 Å². The van der Waals surface area contributed by atoms with Gasteiger partial charge < -0.3 is 4.90 Å². The summed E-state index contributed by atoms with van der Waals surface area (Å²) in [6, 6.07) is 9.79. The number of amides is 1. The molecule has 0 radical (unpaired) electrons. The molecular weight excluding hydrogens is 418 g/mol. The molecule has 1 aliphatic rings. The highest BCUT2D eigenvalue weighted by Gasteiger charge is 2.32. The number of hydrogen-bond acceptors (Lipinski definition) is 3. The van der Waals surface area contributed by atoms with Crippen molar-refractivity contribution in [1.82, 2.24) is 14.0 Å². The van der Waals surface area contributed by atoms with Crippen LogP contribution in [-0.4, -0.2) is 33.0 Å². The van der Waals surface area contributed by atoms with E-state index in [2.05, 4.69) is 41.5 Å². The zero-order chi connectivity index (χ0) is 23.3. The maximum absolute atomic E-state index is 13.4. The third-order valence-electron chi connectivity index (χ3n) is 6.46. The zero-order valence-electron chi connectivity index (χ0n) is 20.1. The van der Waals surface area contributed by atoms with Gasteiger partial charge in [0.1, 0.15) is 0 Å². The molecule has 0 spiro atoms. The first-order chi connectivity index (χ1) is 15.0. The number of imidazole rings is 1. The van der Waals surface area contributed by atoms with Crippen LogP contribution < -0.4 is 5.69 Å². The summed E-state index contributed by atoms with van der Waals surface area (Å²) in [5.74, 6) is 0.597. The largest absolute Gasteiger partial charge is 0.338 e. The van der Waals surface area contributed by atoms with E-state index in [1.165, 1.54) is 17.8 Å². The van der Waals surface area contributed by atoms with Crippen LogP contribution in [0.3, 0.4) is 0 Å². The molecule has 3 aromatic rings. The average molecular weight is 454 g/mol. The molecule has 1 amide bonds. The Kier molecular flexibility index (Phi) is 5.86. The van der Waals surface area contributed by atoms with Crippen molar-refractivity contribution < 1.29 is 4.79 Å². The van der Waals surface area contributed by atoms with Crippen molar-refractivity contribution in [2.24, 2.45) is 16.7 Å². The van der Waals surface area contributed by atoms with Crippen molar-refractivity contribution in [2.45, 2.75) is 60.9 Å². The molecule has 1 atom stereocenters. The van der Waals surface area contributed by atoms with Gasteiger partial charge in [-0.25, -0.2) is 4.79 Å². The number of aromatic nitrogens is 2. The standard InChI is InChI=1S/C26H35N3O2S/c1-25(2,3)17-28-20-11-7-8-12-21(20)29(24(28)31)19-14-22(32-16-19)23(30)27-13-9-10-18(15-27)26(4,5)6/h7-8,11-12,14,16,18H,9-10,13,15,17H2,1-6H3. The van der Waals surface area contributed by atoms with Crippen LogP contribution in [0.5, 0.6) is 0 Å². The van der Waals surface area contributed by atoms with Gasteiger partial charge in [0.2, 0.25) is 0 Å². The van der Waals surface area contributed by atoms with Crippen LogP contribution in [0.2, 0.25) is 0 Å². The van der Waals surface area contributed by atoms with Gasteiger partial charge in [0.25, 0.3) is 5.91 Å². The second kappa shape index (κ2) is 8.22. The van der Waals surface area contributed by atoms with Crippen LogP contribution in [-0.2, 0) is 6.54 Å². The molecule has 32 heavy (non-hydrogen) atoms. The summed E-state index contributed by atoms with van der Waals surface area (Å²) in [5.41, 5.74) is 2.70. The second-order valence-corrected chi connectivity index (χ2v) is 12.3. The van der Waals surface area contributed by atoms with E-state index in [-0.39, 0.29) is 22.4 Å². The molecule has 1 aromatic carbocycles. The molecule has 172 valence electrons. The van der Waals surface area contributed by atoms with Crippen LogP contribution in [0.25, 0.3) is 16.7 Å². The number of benzene rings is 1. The first-order valence-electron chi connectivity index (χ1n) is 11.5. The van der Waals surface area contributed by atoms with Gasteiger partial charge >= 0.3 is 5.69 Å². The Balaban J connectivity index is 1.68. The molecule has 1 fully saturated rings. The summed E-state index contributed by atoms with van der Waals surface area (Å²) < 4.78 is 3.61.